The van der Waals surface area contributed by atoms with E-state index >= 15 is 0 Å². The zero-order valence-corrected chi connectivity index (χ0v) is 25.5. The van der Waals surface area contributed by atoms with Crippen molar-refractivity contribution in [1.82, 2.24) is 0 Å². The van der Waals surface area contributed by atoms with Crippen LogP contribution in [0.1, 0.15) is 98.6 Å². The number of rotatable bonds is 4. The Morgan fingerprint density at radius 3 is 1.73 bits per heavy atom. The van der Waals surface area contributed by atoms with E-state index in [9.17, 15) is 0 Å². The van der Waals surface area contributed by atoms with Crippen molar-refractivity contribution in [3.63, 3.8) is 0 Å². The molecule has 0 unspecified atom stereocenters. The highest BCUT2D eigenvalue weighted by molar-refractivity contribution is 5.46. The fourth-order valence-corrected chi connectivity index (χ4v) is 4.34. The first-order valence-corrected chi connectivity index (χ1v) is 14.9. The first-order chi connectivity index (χ1) is 18.1. The second kappa shape index (κ2) is 23.8. The van der Waals surface area contributed by atoms with Gasteiger partial charge in [0.05, 0.1) is 0 Å². The van der Waals surface area contributed by atoms with Crippen molar-refractivity contribution in [1.29, 1.82) is 0 Å². The van der Waals surface area contributed by atoms with Gasteiger partial charge in [0, 0.05) is 18.8 Å². The number of benzene rings is 2. The molecule has 1 heterocycles. The van der Waals surface area contributed by atoms with E-state index in [4.69, 9.17) is 0 Å². The van der Waals surface area contributed by atoms with Gasteiger partial charge in [-0.1, -0.05) is 119 Å². The third kappa shape index (κ3) is 16.0. The summed E-state index contributed by atoms with van der Waals surface area (Å²) in [6, 6.07) is 19.6. The maximum Gasteiger partial charge on any atom is 0.0366 e. The standard InChI is InChI=1S/C13H19N.C10H12.C9H14.2C2H6/c1-2-12-8-10-14(11-9-12)13-6-4-3-5-7-13;1-2-6-10-8-4-3-7-9(10)5-1;1-4-5-6-7-8-9(2)3;2*1-2/h3-7,12H,2,8-11H2,1H3;1-2,5-6H,3-4,7-8H2;4-8H,1-3H3;2*1-2H3/b;;5-4?,7-6-;;. The number of hydrogen-bond donors (Lipinski definition) is 0. The van der Waals surface area contributed by atoms with Crippen LogP contribution in [-0.2, 0) is 12.8 Å². The molecule has 0 N–H and O–H groups in total. The van der Waals surface area contributed by atoms with Gasteiger partial charge in [0.15, 0.2) is 0 Å². The summed E-state index contributed by atoms with van der Waals surface area (Å²) in [5.41, 5.74) is 5.88. The summed E-state index contributed by atoms with van der Waals surface area (Å²) >= 11 is 0. The zero-order chi connectivity index (χ0) is 27.7. The molecule has 0 amide bonds. The number of nitrogens with zero attached hydrogens (tertiary/aromatic N) is 1. The quantitative estimate of drug-likeness (QED) is 0.375. The van der Waals surface area contributed by atoms with E-state index in [1.165, 1.54) is 69.3 Å². The molecule has 1 nitrogen and oxygen atoms in total. The minimum atomic E-state index is 0.968. The van der Waals surface area contributed by atoms with E-state index in [0.717, 1.165) is 5.92 Å². The Balaban J connectivity index is 0.000000505. The van der Waals surface area contributed by atoms with Crippen LogP contribution in [0.5, 0.6) is 0 Å². The number of allylic oxidation sites excluding steroid dienone is 6. The van der Waals surface area contributed by atoms with Crippen LogP contribution in [0.2, 0.25) is 0 Å². The maximum atomic E-state index is 2.51. The summed E-state index contributed by atoms with van der Waals surface area (Å²) in [4.78, 5) is 2.51. The summed E-state index contributed by atoms with van der Waals surface area (Å²) in [5, 5.41) is 0. The molecule has 37 heavy (non-hydrogen) atoms. The molecule has 0 atom stereocenters. The van der Waals surface area contributed by atoms with Gasteiger partial charge < -0.3 is 4.90 Å². The molecule has 0 spiro atoms. The summed E-state index contributed by atoms with van der Waals surface area (Å²) < 4.78 is 0. The summed E-state index contributed by atoms with van der Waals surface area (Å²) in [7, 11) is 0. The lowest BCUT2D eigenvalue weighted by atomic mass is 9.92. The Morgan fingerprint density at radius 2 is 1.27 bits per heavy atom. The highest BCUT2D eigenvalue weighted by Gasteiger charge is 2.17. The summed E-state index contributed by atoms with van der Waals surface area (Å²) in [5.74, 6) is 0.968. The number of para-hydroxylation sites is 1. The van der Waals surface area contributed by atoms with Crippen molar-refractivity contribution in [2.45, 2.75) is 100 Å². The van der Waals surface area contributed by atoms with Crippen molar-refractivity contribution in [2.24, 2.45) is 5.92 Å². The molecule has 1 aliphatic carbocycles. The molecular formula is C36H57N. The number of aryl methyl sites for hydroxylation is 2. The van der Waals surface area contributed by atoms with E-state index in [-0.39, 0.29) is 0 Å². The van der Waals surface area contributed by atoms with Crippen LogP contribution in [0.4, 0.5) is 5.69 Å². The Bertz CT molecular complexity index is 822. The summed E-state index contributed by atoms with van der Waals surface area (Å²) in [6.45, 7) is 19.0. The predicted octanol–water partition coefficient (Wildman–Crippen LogP) is 11.0. The fourth-order valence-electron chi connectivity index (χ4n) is 4.34. The van der Waals surface area contributed by atoms with E-state index in [2.05, 4.69) is 86.3 Å². The Kier molecular flexibility index (Phi) is 22.2. The minimum absolute atomic E-state index is 0.968. The molecule has 0 radical (unpaired) electrons. The molecule has 1 aliphatic heterocycles. The van der Waals surface area contributed by atoms with Crippen molar-refractivity contribution in [3.8, 4) is 0 Å². The van der Waals surface area contributed by atoms with Gasteiger partial charge in [0.1, 0.15) is 0 Å². The Labute approximate surface area is 231 Å². The molecule has 0 aromatic heterocycles. The van der Waals surface area contributed by atoms with Crippen LogP contribution >= 0.6 is 0 Å². The maximum absolute atomic E-state index is 2.51. The molecule has 1 heteroatoms. The molecule has 4 rings (SSSR count). The minimum Gasteiger partial charge on any atom is -0.372 e. The number of hydrogen-bond acceptors (Lipinski definition) is 1. The van der Waals surface area contributed by atoms with Gasteiger partial charge in [-0.05, 0) is 88.5 Å². The smallest absolute Gasteiger partial charge is 0.0366 e. The molecule has 2 aromatic rings. The largest absolute Gasteiger partial charge is 0.372 e. The van der Waals surface area contributed by atoms with Gasteiger partial charge in [-0.2, -0.15) is 0 Å². The van der Waals surface area contributed by atoms with Crippen molar-refractivity contribution in [2.75, 3.05) is 18.0 Å². The summed E-state index contributed by atoms with van der Waals surface area (Å²) in [6.07, 6.45) is 19.6. The normalized spacial score (nSPS) is 14.4. The van der Waals surface area contributed by atoms with Gasteiger partial charge in [0.25, 0.3) is 0 Å². The molecular weight excluding hydrogens is 446 g/mol. The van der Waals surface area contributed by atoms with Gasteiger partial charge in [-0.15, -0.1) is 0 Å². The van der Waals surface area contributed by atoms with Crippen molar-refractivity contribution >= 4 is 5.69 Å². The topological polar surface area (TPSA) is 3.24 Å². The van der Waals surface area contributed by atoms with Crippen LogP contribution in [-0.4, -0.2) is 13.1 Å². The lowest BCUT2D eigenvalue weighted by molar-refractivity contribution is 0.395. The van der Waals surface area contributed by atoms with Crippen LogP contribution < -0.4 is 4.90 Å². The fraction of sp³-hybridized carbons (Fsp3) is 0.500. The number of anilines is 1. The average Bonchev–Trinajstić information content (AvgIpc) is 2.98. The SMILES string of the molecule is CC.CC.CC=C/C=C\C=C(C)C.CCC1CCN(c2ccccc2)CC1.c1ccc2c(c1)CCCC2. The van der Waals surface area contributed by atoms with Crippen LogP contribution in [0, 0.1) is 5.92 Å². The zero-order valence-electron chi connectivity index (χ0n) is 25.5. The molecule has 2 aliphatic rings. The molecule has 0 bridgehead atoms. The van der Waals surface area contributed by atoms with Gasteiger partial charge >= 0.3 is 0 Å². The molecule has 206 valence electrons. The third-order valence-corrected chi connectivity index (χ3v) is 6.42. The highest BCUT2D eigenvalue weighted by Crippen LogP contribution is 2.24. The molecule has 2 aromatic carbocycles. The van der Waals surface area contributed by atoms with Crippen molar-refractivity contribution in [3.05, 3.63) is 102 Å². The monoisotopic (exact) mass is 503 g/mol. The average molecular weight is 504 g/mol. The molecule has 0 saturated carbocycles. The van der Waals surface area contributed by atoms with E-state index in [1.54, 1.807) is 11.1 Å². The lowest BCUT2D eigenvalue weighted by Crippen LogP contribution is -2.33. The van der Waals surface area contributed by atoms with Crippen molar-refractivity contribution < 1.29 is 0 Å². The van der Waals surface area contributed by atoms with Gasteiger partial charge in [-0.3, -0.25) is 0 Å². The second-order valence-electron chi connectivity index (χ2n) is 9.30. The molecule has 1 fully saturated rings. The van der Waals surface area contributed by atoms with Crippen LogP contribution in [0.3, 0.4) is 0 Å². The number of piperidine rings is 1. The first-order valence-electron chi connectivity index (χ1n) is 14.9. The van der Waals surface area contributed by atoms with E-state index in [0.29, 0.717) is 0 Å². The first kappa shape index (κ1) is 34.5. The van der Waals surface area contributed by atoms with E-state index in [1.807, 2.05) is 58.9 Å². The van der Waals surface area contributed by atoms with E-state index < -0.39 is 0 Å². The predicted molar refractivity (Wildman–Crippen MR) is 171 cm³/mol. The second-order valence-corrected chi connectivity index (χ2v) is 9.30. The number of fused-ring (bicyclic) bond motifs is 1. The lowest BCUT2D eigenvalue weighted by Gasteiger charge is -2.33. The van der Waals surface area contributed by atoms with Crippen LogP contribution in [0.25, 0.3) is 0 Å². The van der Waals surface area contributed by atoms with Gasteiger partial charge in [0.2, 0.25) is 0 Å². The van der Waals surface area contributed by atoms with Gasteiger partial charge in [-0.25, -0.2) is 0 Å². The highest BCUT2D eigenvalue weighted by atomic mass is 15.1. The Hall–Kier alpha value is -2.54. The molecule has 1 saturated heterocycles. The van der Waals surface area contributed by atoms with Crippen LogP contribution in [0.15, 0.2) is 90.6 Å². The Morgan fingerprint density at radius 1 is 0.757 bits per heavy atom. The third-order valence-electron chi connectivity index (χ3n) is 6.42.